The predicted octanol–water partition coefficient (Wildman–Crippen LogP) is 0.813. The van der Waals surface area contributed by atoms with Crippen LogP contribution >= 0.6 is 0 Å². The van der Waals surface area contributed by atoms with Crippen LogP contribution < -0.4 is 5.32 Å². The van der Waals surface area contributed by atoms with Gasteiger partial charge in [-0.1, -0.05) is 25.3 Å². The van der Waals surface area contributed by atoms with Crippen LogP contribution in [0.5, 0.6) is 0 Å². The standard InChI is InChI=1S/C12H19NO4/c1-4-8-16-11(14)7-6-10(13-3)12(15)17-9-5-2/h4-5,10,13H,1-2,6-9H2,3H3/t10-/m0/s1. The number of nitrogens with one attached hydrogen (secondary N) is 1. The van der Waals surface area contributed by atoms with Crippen molar-refractivity contribution in [3.8, 4) is 0 Å². The van der Waals surface area contributed by atoms with Crippen LogP contribution in [-0.4, -0.2) is 38.2 Å². The van der Waals surface area contributed by atoms with Crippen molar-refractivity contribution in [3.63, 3.8) is 0 Å². The van der Waals surface area contributed by atoms with Gasteiger partial charge in [-0.25, -0.2) is 0 Å². The summed E-state index contributed by atoms with van der Waals surface area (Å²) < 4.78 is 9.66. The van der Waals surface area contributed by atoms with Gasteiger partial charge in [0.2, 0.25) is 0 Å². The lowest BCUT2D eigenvalue weighted by Gasteiger charge is -2.13. The Morgan fingerprint density at radius 3 is 2.35 bits per heavy atom. The van der Waals surface area contributed by atoms with Crippen molar-refractivity contribution in [2.24, 2.45) is 0 Å². The summed E-state index contributed by atoms with van der Waals surface area (Å²) in [5.41, 5.74) is 0. The zero-order valence-electron chi connectivity index (χ0n) is 10.1. The van der Waals surface area contributed by atoms with Gasteiger partial charge in [0.15, 0.2) is 0 Å². The summed E-state index contributed by atoms with van der Waals surface area (Å²) in [7, 11) is 1.63. The smallest absolute Gasteiger partial charge is 0.323 e. The first-order chi connectivity index (χ1) is 8.15. The summed E-state index contributed by atoms with van der Waals surface area (Å²) in [6.45, 7) is 7.23. The summed E-state index contributed by atoms with van der Waals surface area (Å²) in [5.74, 6) is -0.759. The fourth-order valence-corrected chi connectivity index (χ4v) is 1.11. The van der Waals surface area contributed by atoms with Gasteiger partial charge in [-0.15, -0.1) is 0 Å². The molecular weight excluding hydrogens is 222 g/mol. The monoisotopic (exact) mass is 241 g/mol. The van der Waals surface area contributed by atoms with Crippen molar-refractivity contribution in [3.05, 3.63) is 25.3 Å². The fourth-order valence-electron chi connectivity index (χ4n) is 1.11. The van der Waals surface area contributed by atoms with Crippen molar-refractivity contribution in [2.75, 3.05) is 20.3 Å². The molecule has 0 fully saturated rings. The first kappa shape index (κ1) is 15.4. The molecule has 0 spiro atoms. The van der Waals surface area contributed by atoms with Crippen LogP contribution in [0.1, 0.15) is 12.8 Å². The molecule has 0 aliphatic rings. The topological polar surface area (TPSA) is 64.6 Å². The molecule has 5 heteroatoms. The molecule has 17 heavy (non-hydrogen) atoms. The molecular formula is C12H19NO4. The minimum Gasteiger partial charge on any atom is -0.461 e. The second kappa shape index (κ2) is 9.59. The van der Waals surface area contributed by atoms with Gasteiger partial charge in [0.1, 0.15) is 19.3 Å². The first-order valence-electron chi connectivity index (χ1n) is 5.37. The van der Waals surface area contributed by atoms with Crippen molar-refractivity contribution < 1.29 is 19.1 Å². The Morgan fingerprint density at radius 1 is 1.24 bits per heavy atom. The number of hydrogen-bond donors (Lipinski definition) is 1. The van der Waals surface area contributed by atoms with Gasteiger partial charge in [-0.3, -0.25) is 9.59 Å². The van der Waals surface area contributed by atoms with Crippen molar-refractivity contribution in [1.82, 2.24) is 5.32 Å². The summed E-state index contributed by atoms with van der Waals surface area (Å²) in [5, 5.41) is 2.79. The van der Waals surface area contributed by atoms with Crippen LogP contribution in [-0.2, 0) is 19.1 Å². The lowest BCUT2D eigenvalue weighted by Crippen LogP contribution is -2.36. The van der Waals surface area contributed by atoms with Crippen LogP contribution in [0.4, 0.5) is 0 Å². The molecule has 0 aliphatic carbocycles. The van der Waals surface area contributed by atoms with E-state index in [0.717, 1.165) is 0 Å². The average Bonchev–Trinajstić information content (AvgIpc) is 2.34. The highest BCUT2D eigenvalue weighted by molar-refractivity contribution is 5.77. The number of esters is 2. The minimum absolute atomic E-state index is 0.155. The number of likely N-dealkylation sites (N-methyl/N-ethyl adjacent to an activating group) is 1. The third-order valence-electron chi connectivity index (χ3n) is 1.98. The van der Waals surface area contributed by atoms with E-state index >= 15 is 0 Å². The number of carbonyl (C=O) groups excluding carboxylic acids is 2. The normalized spacial score (nSPS) is 11.4. The highest BCUT2D eigenvalue weighted by Crippen LogP contribution is 2.01. The van der Waals surface area contributed by atoms with E-state index in [-0.39, 0.29) is 25.6 Å². The van der Waals surface area contributed by atoms with Crippen LogP contribution in [0, 0.1) is 0 Å². The van der Waals surface area contributed by atoms with Crippen molar-refractivity contribution >= 4 is 11.9 Å². The zero-order valence-corrected chi connectivity index (χ0v) is 10.1. The van der Waals surface area contributed by atoms with Gasteiger partial charge in [0.25, 0.3) is 0 Å². The average molecular weight is 241 g/mol. The number of rotatable bonds is 9. The van der Waals surface area contributed by atoms with E-state index in [0.29, 0.717) is 6.42 Å². The second-order valence-electron chi connectivity index (χ2n) is 3.27. The van der Waals surface area contributed by atoms with E-state index in [9.17, 15) is 9.59 Å². The maximum absolute atomic E-state index is 11.5. The Labute approximate surface area is 101 Å². The number of hydrogen-bond acceptors (Lipinski definition) is 5. The van der Waals surface area contributed by atoms with Gasteiger partial charge in [0, 0.05) is 6.42 Å². The van der Waals surface area contributed by atoms with E-state index in [1.165, 1.54) is 12.2 Å². The molecule has 0 unspecified atom stereocenters. The number of ether oxygens (including phenoxy) is 2. The SMILES string of the molecule is C=CCOC(=O)CC[C@H](NC)C(=O)OCC=C. The van der Waals surface area contributed by atoms with Crippen LogP contribution in [0.3, 0.4) is 0 Å². The molecule has 0 saturated heterocycles. The molecule has 0 radical (unpaired) electrons. The summed E-state index contributed by atoms with van der Waals surface area (Å²) >= 11 is 0. The Hall–Kier alpha value is -1.62. The highest BCUT2D eigenvalue weighted by Gasteiger charge is 2.19. The lowest BCUT2D eigenvalue weighted by atomic mass is 10.1. The Bertz CT molecular complexity index is 276. The maximum Gasteiger partial charge on any atom is 0.323 e. The molecule has 0 amide bonds. The Kier molecular flexibility index (Phi) is 8.68. The van der Waals surface area contributed by atoms with Gasteiger partial charge < -0.3 is 14.8 Å². The molecule has 1 N–H and O–H groups in total. The van der Waals surface area contributed by atoms with E-state index in [1.807, 2.05) is 0 Å². The molecule has 5 nitrogen and oxygen atoms in total. The van der Waals surface area contributed by atoms with E-state index in [4.69, 9.17) is 9.47 Å². The third-order valence-corrected chi connectivity index (χ3v) is 1.98. The molecule has 96 valence electrons. The maximum atomic E-state index is 11.5. The molecule has 0 aromatic rings. The predicted molar refractivity (Wildman–Crippen MR) is 64.4 cm³/mol. The molecule has 0 aliphatic heterocycles. The van der Waals surface area contributed by atoms with E-state index in [1.54, 1.807) is 7.05 Å². The largest absolute Gasteiger partial charge is 0.461 e. The zero-order chi connectivity index (χ0) is 13.1. The molecule has 0 heterocycles. The van der Waals surface area contributed by atoms with Crippen molar-refractivity contribution in [1.29, 1.82) is 0 Å². The van der Waals surface area contributed by atoms with Gasteiger partial charge in [-0.05, 0) is 13.5 Å². The molecule has 1 atom stereocenters. The Morgan fingerprint density at radius 2 is 1.82 bits per heavy atom. The van der Waals surface area contributed by atoms with E-state index < -0.39 is 12.0 Å². The molecule has 0 aromatic carbocycles. The fraction of sp³-hybridized carbons (Fsp3) is 0.500. The van der Waals surface area contributed by atoms with E-state index in [2.05, 4.69) is 18.5 Å². The first-order valence-corrected chi connectivity index (χ1v) is 5.37. The summed E-state index contributed by atoms with van der Waals surface area (Å²) in [6, 6.07) is -0.508. The summed E-state index contributed by atoms with van der Waals surface area (Å²) in [4.78, 5) is 22.7. The molecule has 0 rings (SSSR count). The summed E-state index contributed by atoms with van der Waals surface area (Å²) in [6.07, 6.45) is 3.47. The highest BCUT2D eigenvalue weighted by atomic mass is 16.5. The minimum atomic E-state index is -0.508. The Balaban J connectivity index is 3.95. The van der Waals surface area contributed by atoms with Crippen LogP contribution in [0.25, 0.3) is 0 Å². The molecule has 0 bridgehead atoms. The van der Waals surface area contributed by atoms with Crippen molar-refractivity contribution in [2.45, 2.75) is 18.9 Å². The van der Waals surface area contributed by atoms with Crippen LogP contribution in [0.2, 0.25) is 0 Å². The number of carbonyl (C=O) groups is 2. The lowest BCUT2D eigenvalue weighted by molar-refractivity contribution is -0.146. The van der Waals surface area contributed by atoms with Crippen LogP contribution in [0.15, 0.2) is 25.3 Å². The third kappa shape index (κ3) is 7.30. The molecule has 0 aromatic heterocycles. The second-order valence-corrected chi connectivity index (χ2v) is 3.27. The van der Waals surface area contributed by atoms with Gasteiger partial charge in [-0.2, -0.15) is 0 Å². The quantitative estimate of drug-likeness (QED) is 0.478. The van der Waals surface area contributed by atoms with Gasteiger partial charge in [0.05, 0.1) is 0 Å². The van der Waals surface area contributed by atoms with Gasteiger partial charge >= 0.3 is 11.9 Å². The molecule has 0 saturated carbocycles.